The molecule has 0 aromatic rings. The van der Waals surface area contributed by atoms with E-state index in [1.54, 1.807) is 11.9 Å². The van der Waals surface area contributed by atoms with E-state index in [4.69, 9.17) is 9.84 Å². The van der Waals surface area contributed by atoms with Crippen molar-refractivity contribution in [1.29, 1.82) is 0 Å². The Morgan fingerprint density at radius 2 is 2.18 bits per heavy atom. The summed E-state index contributed by atoms with van der Waals surface area (Å²) >= 11 is 0. The molecule has 6 heteroatoms. The Balaban J connectivity index is 2.72. The summed E-state index contributed by atoms with van der Waals surface area (Å²) in [4.78, 5) is 26.1. The summed E-state index contributed by atoms with van der Waals surface area (Å²) in [6.45, 7) is 2.94. The number of methoxy groups -OCH3 is 1. The summed E-state index contributed by atoms with van der Waals surface area (Å²) in [6, 6.07) is -1.01. The van der Waals surface area contributed by atoms with Crippen molar-refractivity contribution < 1.29 is 19.4 Å². The number of hydrogen-bond donors (Lipinski definition) is 1. The summed E-state index contributed by atoms with van der Waals surface area (Å²) in [5, 5.41) is 9.09. The summed E-state index contributed by atoms with van der Waals surface area (Å²) < 4.78 is 5.14. The molecule has 0 aromatic heterocycles. The number of carbonyl (C=O) groups is 2. The number of carboxylic acids is 1. The maximum atomic E-state index is 12.0. The van der Waals surface area contributed by atoms with Gasteiger partial charge in [0.2, 0.25) is 0 Å². The Morgan fingerprint density at radius 3 is 2.65 bits per heavy atom. The third-order valence-corrected chi connectivity index (χ3v) is 3.01. The fourth-order valence-electron chi connectivity index (χ4n) is 2.06. The van der Waals surface area contributed by atoms with Crippen molar-refractivity contribution in [3.8, 4) is 0 Å². The maximum Gasteiger partial charge on any atom is 0.326 e. The van der Waals surface area contributed by atoms with Gasteiger partial charge in [0.15, 0.2) is 0 Å². The molecule has 1 N–H and O–H groups in total. The van der Waals surface area contributed by atoms with Gasteiger partial charge in [0.05, 0.1) is 6.10 Å². The van der Waals surface area contributed by atoms with Gasteiger partial charge >= 0.3 is 12.0 Å². The minimum absolute atomic E-state index is 0.185. The Kier molecular flexibility index (Phi) is 4.74. The van der Waals surface area contributed by atoms with Gasteiger partial charge in [-0.15, -0.1) is 0 Å². The Labute approximate surface area is 101 Å². The highest BCUT2D eigenvalue weighted by Crippen LogP contribution is 2.21. The molecule has 1 aliphatic heterocycles. The zero-order valence-corrected chi connectivity index (χ0v) is 10.5. The first kappa shape index (κ1) is 13.8. The lowest BCUT2D eigenvalue weighted by Crippen LogP contribution is -2.47. The van der Waals surface area contributed by atoms with Crippen LogP contribution in [0.25, 0.3) is 0 Å². The average Bonchev–Trinajstić information content (AvgIpc) is 2.72. The molecule has 2 atom stereocenters. The molecule has 1 aliphatic rings. The van der Waals surface area contributed by atoms with Crippen LogP contribution in [0.15, 0.2) is 0 Å². The van der Waals surface area contributed by atoms with Crippen molar-refractivity contribution in [2.24, 2.45) is 0 Å². The van der Waals surface area contributed by atoms with E-state index in [1.807, 2.05) is 6.92 Å². The van der Waals surface area contributed by atoms with Crippen LogP contribution in [0, 0.1) is 0 Å². The van der Waals surface area contributed by atoms with E-state index >= 15 is 0 Å². The van der Waals surface area contributed by atoms with Gasteiger partial charge in [0, 0.05) is 33.7 Å². The van der Waals surface area contributed by atoms with Crippen molar-refractivity contribution in [1.82, 2.24) is 9.80 Å². The van der Waals surface area contributed by atoms with Crippen LogP contribution in [0.3, 0.4) is 0 Å². The first-order chi connectivity index (χ1) is 8.01. The summed E-state index contributed by atoms with van der Waals surface area (Å²) in [7, 11) is 3.22. The molecule has 98 valence electrons. The van der Waals surface area contributed by atoms with Crippen LogP contribution in [0.2, 0.25) is 0 Å². The summed E-state index contributed by atoms with van der Waals surface area (Å²) in [6.07, 6.45) is 1.02. The molecule has 0 bridgehead atoms. The van der Waals surface area contributed by atoms with E-state index in [-0.39, 0.29) is 12.1 Å². The number of carbonyl (C=O) groups excluding carboxylic acids is 1. The fourth-order valence-corrected chi connectivity index (χ4v) is 2.06. The molecule has 0 aliphatic carbocycles. The number of likely N-dealkylation sites (tertiary alicyclic amines) is 1. The van der Waals surface area contributed by atoms with Crippen molar-refractivity contribution in [2.75, 3.05) is 27.2 Å². The first-order valence-corrected chi connectivity index (χ1v) is 5.78. The van der Waals surface area contributed by atoms with Crippen molar-refractivity contribution in [3.63, 3.8) is 0 Å². The second-order valence-corrected chi connectivity index (χ2v) is 4.30. The van der Waals surface area contributed by atoms with Crippen LogP contribution in [0.1, 0.15) is 19.8 Å². The minimum Gasteiger partial charge on any atom is -0.480 e. The fraction of sp³-hybridized carbons (Fsp3) is 0.818. The SMILES string of the molecule is CCCN(C)C(=O)N1CC(OC)CC1C(=O)O. The molecule has 0 spiro atoms. The van der Waals surface area contributed by atoms with Crippen molar-refractivity contribution in [3.05, 3.63) is 0 Å². The highest BCUT2D eigenvalue weighted by Gasteiger charge is 2.40. The molecule has 2 amide bonds. The maximum absolute atomic E-state index is 12.0. The largest absolute Gasteiger partial charge is 0.480 e. The third-order valence-electron chi connectivity index (χ3n) is 3.01. The van der Waals surface area contributed by atoms with Gasteiger partial charge in [0.1, 0.15) is 6.04 Å². The van der Waals surface area contributed by atoms with Gasteiger partial charge in [-0.3, -0.25) is 0 Å². The van der Waals surface area contributed by atoms with Gasteiger partial charge in [-0.2, -0.15) is 0 Å². The third kappa shape index (κ3) is 3.09. The molecule has 1 saturated heterocycles. The predicted octanol–water partition coefficient (Wildman–Crippen LogP) is 0.622. The van der Waals surface area contributed by atoms with Gasteiger partial charge in [0.25, 0.3) is 0 Å². The molecule has 1 rings (SSSR count). The number of hydrogen-bond acceptors (Lipinski definition) is 3. The number of aliphatic carboxylic acids is 1. The van der Waals surface area contributed by atoms with Crippen molar-refractivity contribution >= 4 is 12.0 Å². The topological polar surface area (TPSA) is 70.1 Å². The van der Waals surface area contributed by atoms with E-state index in [1.165, 1.54) is 12.0 Å². The smallest absolute Gasteiger partial charge is 0.326 e. The minimum atomic E-state index is -0.970. The van der Waals surface area contributed by atoms with E-state index in [9.17, 15) is 9.59 Å². The second-order valence-electron chi connectivity index (χ2n) is 4.30. The average molecular weight is 244 g/mol. The molecule has 1 heterocycles. The summed E-state index contributed by atoms with van der Waals surface area (Å²) in [5.74, 6) is -0.970. The van der Waals surface area contributed by atoms with Crippen LogP contribution in [-0.2, 0) is 9.53 Å². The number of nitrogens with zero attached hydrogens (tertiary/aromatic N) is 2. The van der Waals surface area contributed by atoms with E-state index < -0.39 is 12.0 Å². The van der Waals surface area contributed by atoms with Crippen LogP contribution in [0.4, 0.5) is 4.79 Å². The Morgan fingerprint density at radius 1 is 1.53 bits per heavy atom. The molecule has 0 saturated carbocycles. The second kappa shape index (κ2) is 5.86. The predicted molar refractivity (Wildman–Crippen MR) is 61.9 cm³/mol. The van der Waals surface area contributed by atoms with Crippen LogP contribution in [-0.4, -0.2) is 66.3 Å². The number of ether oxygens (including phenoxy) is 1. The standard InChI is InChI=1S/C11H20N2O4/c1-4-5-12(2)11(16)13-7-8(17-3)6-9(13)10(14)15/h8-9H,4-7H2,1-3H3,(H,14,15). The number of urea groups is 1. The van der Waals surface area contributed by atoms with Gasteiger partial charge in [-0.1, -0.05) is 6.92 Å². The lowest BCUT2D eigenvalue weighted by Gasteiger charge is -2.27. The number of carboxylic acid groups (broad SMARTS) is 1. The van der Waals surface area contributed by atoms with Gasteiger partial charge < -0.3 is 19.6 Å². The lowest BCUT2D eigenvalue weighted by atomic mass is 10.2. The lowest BCUT2D eigenvalue weighted by molar-refractivity contribution is -0.141. The zero-order valence-electron chi connectivity index (χ0n) is 10.5. The van der Waals surface area contributed by atoms with E-state index in [2.05, 4.69) is 0 Å². The highest BCUT2D eigenvalue weighted by atomic mass is 16.5. The first-order valence-electron chi connectivity index (χ1n) is 5.78. The normalized spacial score (nSPS) is 23.8. The van der Waals surface area contributed by atoms with Crippen LogP contribution >= 0.6 is 0 Å². The van der Waals surface area contributed by atoms with Gasteiger partial charge in [-0.25, -0.2) is 9.59 Å². The molecule has 0 aromatic carbocycles. The highest BCUT2D eigenvalue weighted by molar-refractivity contribution is 5.83. The molecular weight excluding hydrogens is 224 g/mol. The molecule has 2 unspecified atom stereocenters. The van der Waals surface area contributed by atoms with E-state index in [0.29, 0.717) is 19.5 Å². The molecule has 6 nitrogen and oxygen atoms in total. The van der Waals surface area contributed by atoms with Gasteiger partial charge in [-0.05, 0) is 6.42 Å². The molecule has 17 heavy (non-hydrogen) atoms. The van der Waals surface area contributed by atoms with Crippen molar-refractivity contribution in [2.45, 2.75) is 31.9 Å². The molecule has 1 fully saturated rings. The van der Waals surface area contributed by atoms with Crippen LogP contribution in [0.5, 0.6) is 0 Å². The van der Waals surface area contributed by atoms with E-state index in [0.717, 1.165) is 6.42 Å². The number of amides is 2. The Bertz CT molecular complexity index is 295. The summed E-state index contributed by atoms with van der Waals surface area (Å²) in [5.41, 5.74) is 0. The van der Waals surface area contributed by atoms with Crippen LogP contribution < -0.4 is 0 Å². The number of rotatable bonds is 4. The zero-order chi connectivity index (χ0) is 13.0. The Hall–Kier alpha value is -1.30. The molecule has 0 radical (unpaired) electrons. The molecular formula is C11H20N2O4. The quantitative estimate of drug-likeness (QED) is 0.787. The monoisotopic (exact) mass is 244 g/mol.